The van der Waals surface area contributed by atoms with Crippen LogP contribution in [0, 0.1) is 13.8 Å². The number of benzene rings is 3. The van der Waals surface area contributed by atoms with Crippen LogP contribution in [-0.2, 0) is 6.54 Å². The van der Waals surface area contributed by atoms with Crippen LogP contribution in [-0.4, -0.2) is 29.7 Å². The number of nitrogens with zero attached hydrogens (tertiary/aromatic N) is 1. The molecule has 3 aromatic carbocycles. The summed E-state index contributed by atoms with van der Waals surface area (Å²) in [5, 5.41) is 3.04. The lowest BCUT2D eigenvalue weighted by Gasteiger charge is -2.19. The second-order valence-electron chi connectivity index (χ2n) is 8.33. The summed E-state index contributed by atoms with van der Waals surface area (Å²) in [4.78, 5) is 39.8. The van der Waals surface area contributed by atoms with Crippen LogP contribution >= 0.6 is 0 Å². The van der Waals surface area contributed by atoms with E-state index in [0.717, 1.165) is 16.7 Å². The summed E-state index contributed by atoms with van der Waals surface area (Å²) in [5.41, 5.74) is 5.08. The maximum atomic E-state index is 13.2. The van der Waals surface area contributed by atoms with Gasteiger partial charge in [0.1, 0.15) is 5.75 Å². The number of amides is 3. The van der Waals surface area contributed by atoms with Gasteiger partial charge in [-0.05, 0) is 61.7 Å². The molecule has 0 spiro atoms. The van der Waals surface area contributed by atoms with E-state index in [0.29, 0.717) is 28.0 Å². The highest BCUT2D eigenvalue weighted by Crippen LogP contribution is 2.27. The van der Waals surface area contributed by atoms with E-state index in [1.807, 2.05) is 32.9 Å². The summed E-state index contributed by atoms with van der Waals surface area (Å²) in [7, 11) is 1.50. The van der Waals surface area contributed by atoms with Gasteiger partial charge in [0, 0.05) is 0 Å². The van der Waals surface area contributed by atoms with Crippen molar-refractivity contribution in [3.8, 4) is 5.75 Å². The first-order chi connectivity index (χ1) is 15.8. The van der Waals surface area contributed by atoms with Crippen LogP contribution in [0.15, 0.2) is 60.7 Å². The van der Waals surface area contributed by atoms with Crippen molar-refractivity contribution < 1.29 is 19.1 Å². The number of carbonyl (C=O) groups is 3. The summed E-state index contributed by atoms with van der Waals surface area (Å²) >= 11 is 0. The highest BCUT2D eigenvalue weighted by atomic mass is 16.5. The fourth-order valence-corrected chi connectivity index (χ4v) is 4.17. The van der Waals surface area contributed by atoms with Crippen LogP contribution in [0.2, 0.25) is 0 Å². The molecule has 1 aliphatic heterocycles. The molecule has 0 bridgehead atoms. The zero-order valence-corrected chi connectivity index (χ0v) is 19.1. The summed E-state index contributed by atoms with van der Waals surface area (Å²) in [6.45, 7) is 6.04. The van der Waals surface area contributed by atoms with Gasteiger partial charge < -0.3 is 10.1 Å². The first kappa shape index (κ1) is 22.3. The van der Waals surface area contributed by atoms with Gasteiger partial charge in [-0.25, -0.2) is 0 Å². The minimum Gasteiger partial charge on any atom is -0.496 e. The quantitative estimate of drug-likeness (QED) is 0.566. The molecule has 6 nitrogen and oxygen atoms in total. The van der Waals surface area contributed by atoms with Crippen LogP contribution in [0.4, 0.5) is 0 Å². The Morgan fingerprint density at radius 2 is 1.64 bits per heavy atom. The average molecular weight is 443 g/mol. The maximum absolute atomic E-state index is 13.2. The number of fused-ring (bicyclic) bond motifs is 1. The van der Waals surface area contributed by atoms with Crippen LogP contribution in [0.25, 0.3) is 0 Å². The molecule has 1 aliphatic rings. The Bertz CT molecular complexity index is 1230. The van der Waals surface area contributed by atoms with Crippen LogP contribution in [0.5, 0.6) is 5.75 Å². The molecule has 1 heterocycles. The third-order valence-corrected chi connectivity index (χ3v) is 5.98. The molecule has 0 saturated carbocycles. The molecule has 0 fully saturated rings. The monoisotopic (exact) mass is 442 g/mol. The van der Waals surface area contributed by atoms with E-state index in [9.17, 15) is 14.4 Å². The number of aryl methyl sites for hydroxylation is 2. The zero-order valence-electron chi connectivity index (χ0n) is 19.1. The molecule has 0 saturated heterocycles. The lowest BCUT2D eigenvalue weighted by atomic mass is 9.99. The van der Waals surface area contributed by atoms with E-state index in [1.54, 1.807) is 42.5 Å². The first-order valence-corrected chi connectivity index (χ1v) is 10.8. The Morgan fingerprint density at radius 1 is 0.970 bits per heavy atom. The Labute approximate surface area is 193 Å². The molecule has 4 rings (SSSR count). The molecular formula is C27H26N2O4. The average Bonchev–Trinajstić information content (AvgIpc) is 3.05. The van der Waals surface area contributed by atoms with Gasteiger partial charge in [0.2, 0.25) is 0 Å². The van der Waals surface area contributed by atoms with Crippen molar-refractivity contribution in [2.75, 3.05) is 7.11 Å². The van der Waals surface area contributed by atoms with Gasteiger partial charge in [-0.3, -0.25) is 19.3 Å². The van der Waals surface area contributed by atoms with Gasteiger partial charge in [-0.1, -0.05) is 42.0 Å². The number of hydrogen-bond donors (Lipinski definition) is 1. The Morgan fingerprint density at radius 3 is 2.27 bits per heavy atom. The summed E-state index contributed by atoms with van der Waals surface area (Å²) < 4.78 is 5.41. The van der Waals surface area contributed by atoms with E-state index in [4.69, 9.17) is 4.74 Å². The number of imide groups is 1. The SMILES string of the molecule is COc1ccc(CN2C(=O)c3ccccc3C2=O)cc1C(=O)NC(C)c1cc(C)ccc1C. The predicted molar refractivity (Wildman–Crippen MR) is 125 cm³/mol. The van der Waals surface area contributed by atoms with E-state index < -0.39 is 0 Å². The predicted octanol–water partition coefficient (Wildman–Crippen LogP) is 4.60. The van der Waals surface area contributed by atoms with Gasteiger partial charge in [-0.2, -0.15) is 0 Å². The fraction of sp³-hybridized carbons (Fsp3) is 0.222. The molecule has 168 valence electrons. The molecular weight excluding hydrogens is 416 g/mol. The normalized spacial score (nSPS) is 13.6. The third-order valence-electron chi connectivity index (χ3n) is 5.98. The molecule has 6 heteroatoms. The Balaban J connectivity index is 1.57. The topological polar surface area (TPSA) is 75.7 Å². The Kier molecular flexibility index (Phi) is 6.01. The fourth-order valence-electron chi connectivity index (χ4n) is 4.17. The molecule has 3 aromatic rings. The van der Waals surface area contributed by atoms with Gasteiger partial charge >= 0.3 is 0 Å². The van der Waals surface area contributed by atoms with Crippen molar-refractivity contribution in [3.63, 3.8) is 0 Å². The third kappa shape index (κ3) is 4.24. The van der Waals surface area contributed by atoms with Gasteiger partial charge in [0.15, 0.2) is 0 Å². The number of carbonyl (C=O) groups excluding carboxylic acids is 3. The molecule has 0 aromatic heterocycles. The maximum Gasteiger partial charge on any atom is 0.261 e. The minimum absolute atomic E-state index is 0.0726. The standard InChI is InChI=1S/C27H26N2O4/c1-16-9-10-17(2)22(13-16)18(3)28-25(30)23-14-19(11-12-24(23)33-4)15-29-26(31)20-7-5-6-8-21(20)27(29)32/h5-14,18H,15H2,1-4H3,(H,28,30). The summed E-state index contributed by atoms with van der Waals surface area (Å²) in [6, 6.07) is 17.8. The molecule has 3 amide bonds. The summed E-state index contributed by atoms with van der Waals surface area (Å²) in [6.07, 6.45) is 0. The van der Waals surface area contributed by atoms with Crippen LogP contribution < -0.4 is 10.1 Å². The number of rotatable bonds is 6. The van der Waals surface area contributed by atoms with Crippen molar-refractivity contribution in [2.45, 2.75) is 33.4 Å². The number of hydrogen-bond acceptors (Lipinski definition) is 4. The van der Waals surface area contributed by atoms with E-state index in [-0.39, 0.29) is 30.3 Å². The highest BCUT2D eigenvalue weighted by molar-refractivity contribution is 6.21. The molecule has 1 N–H and O–H groups in total. The largest absolute Gasteiger partial charge is 0.496 e. The van der Waals surface area contributed by atoms with Gasteiger partial charge in [0.25, 0.3) is 17.7 Å². The molecule has 0 radical (unpaired) electrons. The van der Waals surface area contributed by atoms with Crippen LogP contribution in [0.1, 0.15) is 66.3 Å². The van der Waals surface area contributed by atoms with Crippen LogP contribution in [0.3, 0.4) is 0 Å². The smallest absolute Gasteiger partial charge is 0.261 e. The Hall–Kier alpha value is -3.93. The molecule has 33 heavy (non-hydrogen) atoms. The van der Waals surface area contributed by atoms with Crippen molar-refractivity contribution in [2.24, 2.45) is 0 Å². The molecule has 0 aliphatic carbocycles. The molecule has 1 atom stereocenters. The van der Waals surface area contributed by atoms with Crippen molar-refractivity contribution in [1.82, 2.24) is 10.2 Å². The zero-order chi connectivity index (χ0) is 23.7. The van der Waals surface area contributed by atoms with Crippen molar-refractivity contribution >= 4 is 17.7 Å². The summed E-state index contributed by atoms with van der Waals surface area (Å²) in [5.74, 6) is -0.529. The lowest BCUT2D eigenvalue weighted by Crippen LogP contribution is -2.30. The van der Waals surface area contributed by atoms with E-state index >= 15 is 0 Å². The lowest BCUT2D eigenvalue weighted by molar-refractivity contribution is 0.0642. The van der Waals surface area contributed by atoms with Crippen molar-refractivity contribution in [1.29, 1.82) is 0 Å². The van der Waals surface area contributed by atoms with Gasteiger partial charge in [0.05, 0.1) is 36.4 Å². The van der Waals surface area contributed by atoms with E-state index in [1.165, 1.54) is 12.0 Å². The number of ether oxygens (including phenoxy) is 1. The van der Waals surface area contributed by atoms with Crippen molar-refractivity contribution in [3.05, 3.63) is 99.6 Å². The number of nitrogens with one attached hydrogen (secondary N) is 1. The van der Waals surface area contributed by atoms with Gasteiger partial charge in [-0.15, -0.1) is 0 Å². The number of methoxy groups -OCH3 is 1. The van der Waals surface area contributed by atoms with E-state index in [2.05, 4.69) is 11.4 Å². The first-order valence-electron chi connectivity index (χ1n) is 10.8. The second kappa shape index (κ2) is 8.90. The second-order valence-corrected chi connectivity index (χ2v) is 8.33. The molecule has 1 unspecified atom stereocenters. The minimum atomic E-state index is -0.332. The highest BCUT2D eigenvalue weighted by Gasteiger charge is 2.35.